The van der Waals surface area contributed by atoms with Gasteiger partial charge in [0.2, 0.25) is 5.91 Å². The molecule has 1 heterocycles. The monoisotopic (exact) mass is 384 g/mol. The molecule has 0 radical (unpaired) electrons. The van der Waals surface area contributed by atoms with Gasteiger partial charge in [-0.05, 0) is 36.6 Å². The molecular weight excluding hydrogens is 364 g/mol. The SMILES string of the molecule is CSc1cccc(N2C[C@@H](C(=O)OCC(=O)Nc3ccccc3)CC2=O)c1. The van der Waals surface area contributed by atoms with Gasteiger partial charge in [-0.2, -0.15) is 0 Å². The average Bonchev–Trinajstić information content (AvgIpc) is 3.09. The van der Waals surface area contributed by atoms with Crippen molar-refractivity contribution in [1.82, 2.24) is 0 Å². The van der Waals surface area contributed by atoms with E-state index in [1.54, 1.807) is 40.9 Å². The van der Waals surface area contributed by atoms with Gasteiger partial charge >= 0.3 is 5.97 Å². The van der Waals surface area contributed by atoms with E-state index in [0.717, 1.165) is 10.6 Å². The van der Waals surface area contributed by atoms with Crippen molar-refractivity contribution < 1.29 is 19.1 Å². The molecule has 3 rings (SSSR count). The molecule has 27 heavy (non-hydrogen) atoms. The molecule has 1 N–H and O–H groups in total. The molecule has 2 aromatic rings. The Kier molecular flexibility index (Phi) is 6.13. The van der Waals surface area contributed by atoms with Crippen molar-refractivity contribution >= 4 is 40.9 Å². The first kappa shape index (κ1) is 19.0. The summed E-state index contributed by atoms with van der Waals surface area (Å²) in [5.41, 5.74) is 1.40. The first-order valence-corrected chi connectivity index (χ1v) is 9.75. The Morgan fingerprint density at radius 1 is 1.19 bits per heavy atom. The van der Waals surface area contributed by atoms with Crippen LogP contribution in [0.2, 0.25) is 0 Å². The van der Waals surface area contributed by atoms with Crippen LogP contribution in [0.25, 0.3) is 0 Å². The van der Waals surface area contributed by atoms with Crippen LogP contribution in [0.4, 0.5) is 11.4 Å². The maximum absolute atomic E-state index is 12.3. The highest BCUT2D eigenvalue weighted by Gasteiger charge is 2.36. The molecule has 0 bridgehead atoms. The van der Waals surface area contributed by atoms with Crippen molar-refractivity contribution in [3.63, 3.8) is 0 Å². The van der Waals surface area contributed by atoms with Crippen LogP contribution in [-0.4, -0.2) is 37.2 Å². The molecule has 0 unspecified atom stereocenters. The highest BCUT2D eigenvalue weighted by molar-refractivity contribution is 7.98. The molecule has 0 aromatic heterocycles. The van der Waals surface area contributed by atoms with Gasteiger partial charge in [0.15, 0.2) is 6.61 Å². The van der Waals surface area contributed by atoms with Gasteiger partial charge in [-0.25, -0.2) is 0 Å². The van der Waals surface area contributed by atoms with Crippen LogP contribution in [0.3, 0.4) is 0 Å². The van der Waals surface area contributed by atoms with E-state index in [9.17, 15) is 14.4 Å². The zero-order chi connectivity index (χ0) is 19.2. The number of nitrogens with zero attached hydrogens (tertiary/aromatic N) is 1. The Balaban J connectivity index is 1.53. The van der Waals surface area contributed by atoms with Gasteiger partial charge in [0, 0.05) is 29.2 Å². The van der Waals surface area contributed by atoms with Crippen molar-refractivity contribution in [2.75, 3.05) is 29.6 Å². The number of hydrogen-bond donors (Lipinski definition) is 1. The molecule has 1 aliphatic rings. The molecular formula is C20H20N2O4S. The van der Waals surface area contributed by atoms with Crippen molar-refractivity contribution in [2.45, 2.75) is 11.3 Å². The summed E-state index contributed by atoms with van der Waals surface area (Å²) in [4.78, 5) is 39.1. The third kappa shape index (κ3) is 4.89. The van der Waals surface area contributed by atoms with Gasteiger partial charge in [0.1, 0.15) is 0 Å². The summed E-state index contributed by atoms with van der Waals surface area (Å²) in [6.45, 7) is -0.115. The molecule has 1 atom stereocenters. The van der Waals surface area contributed by atoms with Gasteiger partial charge in [-0.3, -0.25) is 14.4 Å². The summed E-state index contributed by atoms with van der Waals surface area (Å²) in [6, 6.07) is 16.5. The van der Waals surface area contributed by atoms with Crippen molar-refractivity contribution in [3.8, 4) is 0 Å². The van der Waals surface area contributed by atoms with E-state index in [1.807, 2.05) is 36.6 Å². The van der Waals surface area contributed by atoms with E-state index in [0.29, 0.717) is 5.69 Å². The van der Waals surface area contributed by atoms with Gasteiger partial charge < -0.3 is 15.0 Å². The Morgan fingerprint density at radius 3 is 2.70 bits per heavy atom. The minimum atomic E-state index is -0.569. The predicted octanol–water partition coefficient (Wildman–Crippen LogP) is 2.94. The maximum Gasteiger partial charge on any atom is 0.311 e. The van der Waals surface area contributed by atoms with Crippen LogP contribution in [0.15, 0.2) is 59.5 Å². The summed E-state index contributed by atoms with van der Waals surface area (Å²) in [5.74, 6) is -1.64. The van der Waals surface area contributed by atoms with E-state index in [4.69, 9.17) is 4.74 Å². The van der Waals surface area contributed by atoms with E-state index < -0.39 is 17.8 Å². The molecule has 6 nitrogen and oxygen atoms in total. The number of esters is 1. The highest BCUT2D eigenvalue weighted by atomic mass is 32.2. The number of rotatable bonds is 6. The summed E-state index contributed by atoms with van der Waals surface area (Å²) in [6.07, 6.45) is 2.05. The third-order valence-corrected chi connectivity index (χ3v) is 4.95. The summed E-state index contributed by atoms with van der Waals surface area (Å²) in [5, 5.41) is 2.65. The second kappa shape index (κ2) is 8.73. The molecule has 0 spiro atoms. The van der Waals surface area contributed by atoms with E-state index in [2.05, 4.69) is 5.32 Å². The second-order valence-electron chi connectivity index (χ2n) is 6.13. The molecule has 2 amide bonds. The number of nitrogens with one attached hydrogen (secondary N) is 1. The molecule has 7 heteroatoms. The summed E-state index contributed by atoms with van der Waals surface area (Å²) in [7, 11) is 0. The number of benzene rings is 2. The van der Waals surface area contributed by atoms with Crippen LogP contribution in [0.1, 0.15) is 6.42 Å². The van der Waals surface area contributed by atoms with Crippen LogP contribution >= 0.6 is 11.8 Å². The maximum atomic E-state index is 12.3. The fraction of sp³-hybridized carbons (Fsp3) is 0.250. The van der Waals surface area contributed by atoms with Crippen LogP contribution in [-0.2, 0) is 19.1 Å². The predicted molar refractivity (Wildman–Crippen MR) is 105 cm³/mol. The van der Waals surface area contributed by atoms with Gasteiger partial charge in [0.25, 0.3) is 5.91 Å². The lowest BCUT2D eigenvalue weighted by atomic mass is 10.1. The number of anilines is 2. The van der Waals surface area contributed by atoms with E-state index in [1.165, 1.54) is 0 Å². The molecule has 140 valence electrons. The average molecular weight is 384 g/mol. The minimum Gasteiger partial charge on any atom is -0.455 e. The normalized spacial score (nSPS) is 16.3. The zero-order valence-electron chi connectivity index (χ0n) is 14.9. The fourth-order valence-electron chi connectivity index (χ4n) is 2.87. The summed E-state index contributed by atoms with van der Waals surface area (Å²) < 4.78 is 5.10. The Labute approximate surface area is 161 Å². The van der Waals surface area contributed by atoms with Crippen LogP contribution in [0, 0.1) is 5.92 Å². The molecule has 0 saturated carbocycles. The summed E-state index contributed by atoms with van der Waals surface area (Å²) >= 11 is 1.59. The standard InChI is InChI=1S/C20H20N2O4S/c1-27-17-9-5-8-16(11-17)22-12-14(10-19(22)24)20(25)26-13-18(23)21-15-6-3-2-4-7-15/h2-9,11,14H,10,12-13H2,1H3,(H,21,23)/t14-/m0/s1. The topological polar surface area (TPSA) is 75.7 Å². The molecule has 1 aliphatic heterocycles. The second-order valence-corrected chi connectivity index (χ2v) is 7.01. The Morgan fingerprint density at radius 2 is 1.96 bits per heavy atom. The molecule has 1 fully saturated rings. The lowest BCUT2D eigenvalue weighted by Crippen LogP contribution is -2.28. The Hall–Kier alpha value is -2.80. The number of carbonyl (C=O) groups is 3. The largest absolute Gasteiger partial charge is 0.455 e. The fourth-order valence-corrected chi connectivity index (χ4v) is 3.32. The molecule has 0 aliphatic carbocycles. The van der Waals surface area contributed by atoms with Gasteiger partial charge in [-0.15, -0.1) is 11.8 Å². The Bertz CT molecular complexity index is 841. The van der Waals surface area contributed by atoms with Crippen LogP contribution < -0.4 is 10.2 Å². The smallest absolute Gasteiger partial charge is 0.311 e. The first-order valence-electron chi connectivity index (χ1n) is 8.53. The van der Waals surface area contributed by atoms with Crippen molar-refractivity contribution in [1.29, 1.82) is 0 Å². The minimum absolute atomic E-state index is 0.0859. The van der Waals surface area contributed by atoms with E-state index >= 15 is 0 Å². The number of para-hydroxylation sites is 1. The third-order valence-electron chi connectivity index (χ3n) is 4.23. The van der Waals surface area contributed by atoms with Gasteiger partial charge in [0.05, 0.1) is 5.92 Å². The number of ether oxygens (including phenoxy) is 1. The van der Waals surface area contributed by atoms with E-state index in [-0.39, 0.29) is 25.5 Å². The number of thioether (sulfide) groups is 1. The highest BCUT2D eigenvalue weighted by Crippen LogP contribution is 2.28. The molecule has 2 aromatic carbocycles. The lowest BCUT2D eigenvalue weighted by molar-refractivity contribution is -0.151. The van der Waals surface area contributed by atoms with Crippen molar-refractivity contribution in [2.24, 2.45) is 5.92 Å². The number of hydrogen-bond acceptors (Lipinski definition) is 5. The number of amides is 2. The first-order chi connectivity index (χ1) is 13.1. The lowest BCUT2D eigenvalue weighted by Gasteiger charge is -2.17. The van der Waals surface area contributed by atoms with Gasteiger partial charge in [-0.1, -0.05) is 24.3 Å². The van der Waals surface area contributed by atoms with Crippen molar-refractivity contribution in [3.05, 3.63) is 54.6 Å². The number of carbonyl (C=O) groups excluding carboxylic acids is 3. The van der Waals surface area contributed by atoms with Crippen LogP contribution in [0.5, 0.6) is 0 Å². The zero-order valence-corrected chi connectivity index (χ0v) is 15.7. The molecule has 1 saturated heterocycles. The quantitative estimate of drug-likeness (QED) is 0.612.